The molecule has 0 fully saturated rings. The maximum atomic E-state index is 11.0. The minimum Gasteiger partial charge on any atom is -0.507 e. The number of aryl methyl sites for hydroxylation is 8. The van der Waals surface area contributed by atoms with Crippen LogP contribution >= 0.6 is 0 Å². The van der Waals surface area contributed by atoms with Crippen molar-refractivity contribution in [3.63, 3.8) is 0 Å². The first-order valence-electron chi connectivity index (χ1n) is 17.9. The molecule has 6 nitrogen and oxygen atoms in total. The normalized spacial score (nSPS) is 13.2. The monoisotopic (exact) mass is 698 g/mol. The van der Waals surface area contributed by atoms with Gasteiger partial charge in [-0.2, -0.15) is 0 Å². The van der Waals surface area contributed by atoms with E-state index in [1.54, 1.807) is 12.5 Å². The van der Waals surface area contributed by atoms with E-state index in [0.717, 1.165) is 73.1 Å². The van der Waals surface area contributed by atoms with Crippen molar-refractivity contribution in [2.75, 3.05) is 13.2 Å². The molecule has 2 aromatic heterocycles. The highest BCUT2D eigenvalue weighted by Gasteiger charge is 2.25. The highest BCUT2D eigenvalue weighted by atomic mass is 16.5. The van der Waals surface area contributed by atoms with Gasteiger partial charge in [0, 0.05) is 0 Å². The lowest BCUT2D eigenvalue weighted by atomic mass is 9.85. The van der Waals surface area contributed by atoms with Gasteiger partial charge in [-0.3, -0.25) is 0 Å². The molecule has 52 heavy (non-hydrogen) atoms. The molecular weight excluding hydrogens is 649 g/mol. The molecule has 3 unspecified atom stereocenters. The van der Waals surface area contributed by atoms with Crippen LogP contribution < -0.4 is 9.47 Å². The first kappa shape index (κ1) is 36.6. The van der Waals surface area contributed by atoms with E-state index in [-0.39, 0.29) is 25.0 Å². The number of aromatic hydroxyl groups is 1. The molecule has 0 radical (unpaired) electrons. The van der Waals surface area contributed by atoms with Gasteiger partial charge in [0.2, 0.25) is 0 Å². The summed E-state index contributed by atoms with van der Waals surface area (Å²) in [6.45, 7) is 18.6. The summed E-state index contributed by atoms with van der Waals surface area (Å²) in [5.74, 6) is 3.31. The van der Waals surface area contributed by atoms with Crippen molar-refractivity contribution in [3.8, 4) is 17.2 Å². The van der Waals surface area contributed by atoms with Gasteiger partial charge in [-0.15, -0.1) is 0 Å². The number of phenolic OH excluding ortho intramolecular Hbond substituents is 1. The number of phenols is 1. The first-order valence-corrected chi connectivity index (χ1v) is 17.9. The summed E-state index contributed by atoms with van der Waals surface area (Å²) < 4.78 is 24.4. The van der Waals surface area contributed by atoms with E-state index >= 15 is 0 Å². The molecule has 0 spiro atoms. The number of hydrogen-bond acceptors (Lipinski definition) is 6. The summed E-state index contributed by atoms with van der Waals surface area (Å²) >= 11 is 0. The lowest BCUT2D eigenvalue weighted by Crippen LogP contribution is -2.26. The van der Waals surface area contributed by atoms with Crippen molar-refractivity contribution >= 4 is 0 Å². The maximum absolute atomic E-state index is 11.0. The number of aliphatic hydroxyl groups excluding tert-OH is 1. The van der Waals surface area contributed by atoms with Crippen molar-refractivity contribution in [2.45, 2.75) is 80.3 Å². The molecule has 6 aromatic rings. The molecule has 2 N–H and O–H groups in total. The third-order valence-electron chi connectivity index (χ3n) is 10.3. The molecule has 0 amide bonds. The zero-order valence-electron chi connectivity index (χ0n) is 31.8. The predicted octanol–water partition coefficient (Wildman–Crippen LogP) is 10.5. The van der Waals surface area contributed by atoms with Gasteiger partial charge in [-0.05, 0) is 159 Å². The predicted molar refractivity (Wildman–Crippen MR) is 206 cm³/mol. The van der Waals surface area contributed by atoms with E-state index < -0.39 is 6.10 Å². The minimum atomic E-state index is -0.842. The molecule has 0 aliphatic carbocycles. The van der Waals surface area contributed by atoms with Crippen molar-refractivity contribution in [3.05, 3.63) is 169 Å². The second kappa shape index (κ2) is 15.2. The molecule has 6 rings (SSSR count). The Morgan fingerprint density at radius 1 is 0.500 bits per heavy atom. The third-order valence-corrected chi connectivity index (χ3v) is 10.3. The van der Waals surface area contributed by atoms with Gasteiger partial charge in [-0.1, -0.05) is 48.5 Å². The maximum Gasteiger partial charge on any atom is 0.125 e. The topological polar surface area (TPSA) is 85.2 Å². The lowest BCUT2D eigenvalue weighted by Gasteiger charge is -2.23. The molecule has 270 valence electrons. The second-order valence-electron chi connectivity index (χ2n) is 14.4. The van der Waals surface area contributed by atoms with E-state index in [2.05, 4.69) is 57.2 Å². The van der Waals surface area contributed by atoms with Crippen LogP contribution in [0.15, 0.2) is 94.2 Å². The Morgan fingerprint density at radius 2 is 0.827 bits per heavy atom. The molecule has 3 atom stereocenters. The SMILES string of the molecule is Cc1cc(C(c2cc(C)c(OCC(O)COc3c(C)cc(C(c4cc(C)c(O)c(C)c4)c4ccco4)cc3C)c(C)c2)c2ccco2)cc(C)c1C. The fraction of sp³-hybridized carbons (Fsp3) is 0.304. The molecular formula is C46H50O6. The lowest BCUT2D eigenvalue weighted by molar-refractivity contribution is 0.0617. The van der Waals surface area contributed by atoms with E-state index in [0.29, 0.717) is 5.75 Å². The van der Waals surface area contributed by atoms with Crippen molar-refractivity contribution in [2.24, 2.45) is 0 Å². The van der Waals surface area contributed by atoms with Crippen LogP contribution in [0.3, 0.4) is 0 Å². The van der Waals surface area contributed by atoms with Crippen LogP contribution in [0.25, 0.3) is 0 Å². The second-order valence-corrected chi connectivity index (χ2v) is 14.4. The van der Waals surface area contributed by atoms with Crippen LogP contribution in [0, 0.1) is 62.3 Å². The first-order chi connectivity index (χ1) is 24.8. The minimum absolute atomic E-state index is 0.0556. The van der Waals surface area contributed by atoms with Gasteiger partial charge in [0.05, 0.1) is 24.4 Å². The van der Waals surface area contributed by atoms with E-state index in [4.69, 9.17) is 18.3 Å². The van der Waals surface area contributed by atoms with E-state index in [9.17, 15) is 10.2 Å². The van der Waals surface area contributed by atoms with E-state index in [1.165, 1.54) is 22.3 Å². The molecule has 0 aliphatic heterocycles. The molecule has 0 saturated carbocycles. The summed E-state index contributed by atoms with van der Waals surface area (Å²) in [4.78, 5) is 0. The fourth-order valence-electron chi connectivity index (χ4n) is 7.51. The Morgan fingerprint density at radius 3 is 1.15 bits per heavy atom. The van der Waals surface area contributed by atoms with Crippen LogP contribution in [0.1, 0.15) is 95.7 Å². The highest BCUT2D eigenvalue weighted by Crippen LogP contribution is 2.40. The van der Waals surface area contributed by atoms with Gasteiger partial charge >= 0.3 is 0 Å². The number of ether oxygens (including phenoxy) is 2. The largest absolute Gasteiger partial charge is 0.507 e. The standard InChI is InChI=1S/C46H50O6/c1-26-16-35(17-27(2)34(26)9)42(40-12-10-14-49-40)37-20-30(5)45(31(6)21-37)51-24-39(47)25-52-46-32(7)22-38(23-33(46)8)43(41-13-11-15-50-41)36-18-28(3)44(48)29(4)19-36/h10-23,39,42-43,47-48H,24-25H2,1-9H3. The highest BCUT2D eigenvalue weighted by molar-refractivity contribution is 5.53. The van der Waals surface area contributed by atoms with E-state index in [1.807, 2.05) is 77.9 Å². The summed E-state index contributed by atoms with van der Waals surface area (Å²) in [6, 6.07) is 24.9. The third kappa shape index (κ3) is 7.54. The van der Waals surface area contributed by atoms with Gasteiger partial charge in [0.1, 0.15) is 48.1 Å². The Balaban J connectivity index is 1.17. The summed E-state index contributed by atoms with van der Waals surface area (Å²) in [6.07, 6.45) is 2.57. The van der Waals surface area contributed by atoms with Crippen LogP contribution in [-0.4, -0.2) is 29.5 Å². The number of benzene rings is 4. The Hall–Kier alpha value is -5.20. The number of hydrogen-bond donors (Lipinski definition) is 2. The molecule has 0 bridgehead atoms. The Bertz CT molecular complexity index is 1930. The zero-order chi connectivity index (χ0) is 37.3. The smallest absolute Gasteiger partial charge is 0.125 e. The van der Waals surface area contributed by atoms with Crippen LogP contribution in [0.4, 0.5) is 0 Å². The van der Waals surface area contributed by atoms with Crippen LogP contribution in [-0.2, 0) is 0 Å². The average Bonchev–Trinajstić information content (AvgIpc) is 3.81. The summed E-state index contributed by atoms with van der Waals surface area (Å²) in [7, 11) is 0. The molecule has 4 aromatic carbocycles. The zero-order valence-corrected chi connectivity index (χ0v) is 31.8. The molecule has 0 aliphatic rings. The average molecular weight is 699 g/mol. The van der Waals surface area contributed by atoms with Crippen LogP contribution in [0.2, 0.25) is 0 Å². The Kier molecular flexibility index (Phi) is 10.7. The quantitative estimate of drug-likeness (QED) is 0.132. The van der Waals surface area contributed by atoms with Crippen molar-refractivity contribution in [1.82, 2.24) is 0 Å². The van der Waals surface area contributed by atoms with Crippen molar-refractivity contribution < 1.29 is 28.5 Å². The van der Waals surface area contributed by atoms with Gasteiger partial charge < -0.3 is 28.5 Å². The number of aliphatic hydroxyl groups is 1. The van der Waals surface area contributed by atoms with Crippen molar-refractivity contribution in [1.29, 1.82) is 0 Å². The summed E-state index contributed by atoms with van der Waals surface area (Å²) in [5.41, 5.74) is 13.8. The van der Waals surface area contributed by atoms with Gasteiger partial charge in [0.25, 0.3) is 0 Å². The molecule has 2 heterocycles. The van der Waals surface area contributed by atoms with Gasteiger partial charge in [-0.25, -0.2) is 0 Å². The molecule has 0 saturated heterocycles. The van der Waals surface area contributed by atoms with Crippen LogP contribution in [0.5, 0.6) is 17.2 Å². The number of rotatable bonds is 12. The Labute approximate surface area is 307 Å². The van der Waals surface area contributed by atoms with Gasteiger partial charge in [0.15, 0.2) is 0 Å². The number of furan rings is 2. The summed E-state index contributed by atoms with van der Waals surface area (Å²) in [5, 5.41) is 21.4. The fourth-order valence-corrected chi connectivity index (χ4v) is 7.51. The molecule has 6 heteroatoms.